The van der Waals surface area contributed by atoms with Gasteiger partial charge in [-0.25, -0.2) is 0 Å². The first kappa shape index (κ1) is 18.3. The van der Waals surface area contributed by atoms with Crippen LogP contribution in [0.2, 0.25) is 10.0 Å². The van der Waals surface area contributed by atoms with Crippen LogP contribution in [0.1, 0.15) is 17.0 Å². The van der Waals surface area contributed by atoms with Gasteiger partial charge in [-0.3, -0.25) is 4.79 Å². The first-order valence-electron chi connectivity index (χ1n) is 7.30. The Balaban J connectivity index is 1.92. The number of anilines is 1. The molecule has 0 fully saturated rings. The fraction of sp³-hybridized carbons (Fsp3) is 0.176. The van der Waals surface area contributed by atoms with Crippen molar-refractivity contribution in [1.82, 2.24) is 0 Å². The van der Waals surface area contributed by atoms with Crippen molar-refractivity contribution in [3.05, 3.63) is 63.6 Å². The van der Waals surface area contributed by atoms with Crippen LogP contribution < -0.4 is 5.32 Å². The molecular weight excluding hydrogens is 406 g/mol. The molecule has 1 atom stereocenters. The Morgan fingerprint density at radius 3 is 2.52 bits per heavy atom. The van der Waals surface area contributed by atoms with Crippen molar-refractivity contribution in [2.45, 2.75) is 10.8 Å². The molecule has 1 heterocycles. The summed E-state index contributed by atoms with van der Waals surface area (Å²) in [6.07, 6.45) is 0. The molecule has 8 heteroatoms. The first-order chi connectivity index (χ1) is 12.0. The fourth-order valence-electron chi connectivity index (χ4n) is 2.57. The topological polar surface area (TPSA) is 50.7 Å². The number of hydrogen-bond acceptors (Lipinski definition) is 3. The van der Waals surface area contributed by atoms with Gasteiger partial charge in [0.05, 0.1) is 16.0 Å². The Kier molecular flexibility index (Phi) is 5.74. The second-order valence-electron chi connectivity index (χ2n) is 5.34. The third kappa shape index (κ3) is 4.04. The summed E-state index contributed by atoms with van der Waals surface area (Å²) in [5.74, 6) is -0.664. The molecule has 2 aromatic rings. The van der Waals surface area contributed by atoms with Crippen LogP contribution in [0.15, 0.2) is 47.6 Å². The molecule has 1 aliphatic rings. The predicted octanol–water partition coefficient (Wildman–Crippen LogP) is 5.25. The monoisotopic (exact) mass is 416 g/mol. The Morgan fingerprint density at radius 2 is 1.84 bits per heavy atom. The number of alkyl halides is 2. The molecule has 4 nitrogen and oxygen atoms in total. The van der Waals surface area contributed by atoms with E-state index in [1.807, 2.05) is 18.2 Å². The van der Waals surface area contributed by atoms with Crippen LogP contribution >= 0.6 is 46.4 Å². The van der Waals surface area contributed by atoms with Gasteiger partial charge in [-0.1, -0.05) is 69.8 Å². The lowest BCUT2D eigenvalue weighted by atomic mass is 9.90. The van der Waals surface area contributed by atoms with E-state index in [1.165, 1.54) is 0 Å². The summed E-state index contributed by atoms with van der Waals surface area (Å²) in [6.45, 7) is 0.349. The molecule has 0 radical (unpaired) electrons. The maximum absolute atomic E-state index is 11.7. The number of carbonyl (C=O) groups excluding carboxylic acids is 1. The van der Waals surface area contributed by atoms with E-state index >= 15 is 0 Å². The van der Waals surface area contributed by atoms with E-state index in [-0.39, 0.29) is 5.92 Å². The van der Waals surface area contributed by atoms with Gasteiger partial charge in [0.2, 0.25) is 0 Å². The van der Waals surface area contributed by atoms with E-state index in [0.29, 0.717) is 33.6 Å². The average molecular weight is 418 g/mol. The number of carbonyl (C=O) groups is 1. The summed E-state index contributed by atoms with van der Waals surface area (Å²) < 4.78 is 0. The van der Waals surface area contributed by atoms with Crippen molar-refractivity contribution in [2.24, 2.45) is 5.16 Å². The van der Waals surface area contributed by atoms with Crippen molar-refractivity contribution in [3.8, 4) is 0 Å². The Morgan fingerprint density at radius 1 is 1.16 bits per heavy atom. The minimum absolute atomic E-state index is 0.169. The smallest absolute Gasteiger partial charge is 0.257 e. The van der Waals surface area contributed by atoms with Gasteiger partial charge in [0.1, 0.15) is 12.3 Å². The zero-order chi connectivity index (χ0) is 18.0. The van der Waals surface area contributed by atoms with E-state index in [2.05, 4.69) is 10.5 Å². The number of oxime groups is 1. The Labute approximate surface area is 164 Å². The summed E-state index contributed by atoms with van der Waals surface area (Å²) in [7, 11) is 0. The number of halogens is 4. The van der Waals surface area contributed by atoms with Crippen molar-refractivity contribution >= 4 is 63.7 Å². The molecule has 0 aromatic heterocycles. The maximum atomic E-state index is 11.7. The Bertz CT molecular complexity index is 819. The van der Waals surface area contributed by atoms with E-state index in [4.69, 9.17) is 51.2 Å². The minimum Gasteiger partial charge on any atom is -0.394 e. The highest BCUT2D eigenvalue weighted by molar-refractivity contribution is 6.54. The molecular formula is C17H12Cl4N2O2. The number of hydrogen-bond donors (Lipinski definition) is 1. The Hall–Kier alpha value is -1.46. The van der Waals surface area contributed by atoms with Gasteiger partial charge < -0.3 is 10.2 Å². The lowest BCUT2D eigenvalue weighted by Gasteiger charge is -2.15. The van der Waals surface area contributed by atoms with Crippen LogP contribution in [0.3, 0.4) is 0 Å². The molecule has 3 rings (SSSR count). The highest BCUT2D eigenvalue weighted by Crippen LogP contribution is 2.34. The average Bonchev–Trinajstić information content (AvgIpc) is 3.04. The standard InChI is InChI=1S/C17H12Cl4N2O2/c18-12-5-2-6-13(19)14(12)15-11(8-25-23-15)9-3-1-4-10(7-9)22-17(24)16(20)21/h1-7,11,16H,8H2,(H,22,24)/t11-/m0/s1. The zero-order valence-electron chi connectivity index (χ0n) is 12.7. The predicted molar refractivity (Wildman–Crippen MR) is 102 cm³/mol. The number of benzene rings is 2. The van der Waals surface area contributed by atoms with E-state index < -0.39 is 10.7 Å². The second-order valence-corrected chi connectivity index (χ2v) is 7.25. The summed E-state index contributed by atoms with van der Waals surface area (Å²) in [6, 6.07) is 12.5. The minimum atomic E-state index is -1.14. The SMILES string of the molecule is O=C(Nc1cccc([C@@H]2CON=C2c2c(Cl)cccc2Cl)c1)C(Cl)Cl. The van der Waals surface area contributed by atoms with Crippen molar-refractivity contribution in [1.29, 1.82) is 0 Å². The van der Waals surface area contributed by atoms with E-state index in [0.717, 1.165) is 5.56 Å². The molecule has 2 aromatic carbocycles. The molecule has 0 bridgehead atoms. The lowest BCUT2D eigenvalue weighted by Crippen LogP contribution is -2.19. The van der Waals surface area contributed by atoms with E-state index in [1.54, 1.807) is 24.3 Å². The maximum Gasteiger partial charge on any atom is 0.257 e. The van der Waals surface area contributed by atoms with Crippen LogP contribution in [-0.4, -0.2) is 23.1 Å². The van der Waals surface area contributed by atoms with Crippen molar-refractivity contribution < 1.29 is 9.63 Å². The van der Waals surface area contributed by atoms with Gasteiger partial charge in [-0.2, -0.15) is 0 Å². The number of nitrogens with one attached hydrogen (secondary N) is 1. The first-order valence-corrected chi connectivity index (χ1v) is 8.93. The molecule has 0 aliphatic carbocycles. The third-order valence-corrected chi connectivity index (χ3v) is 4.73. The molecule has 1 N–H and O–H groups in total. The molecule has 0 unspecified atom stereocenters. The van der Waals surface area contributed by atoms with Crippen molar-refractivity contribution in [3.63, 3.8) is 0 Å². The molecule has 0 saturated carbocycles. The number of rotatable bonds is 4. The molecule has 0 spiro atoms. The molecule has 130 valence electrons. The van der Waals surface area contributed by atoms with Gasteiger partial charge in [0.15, 0.2) is 4.84 Å². The van der Waals surface area contributed by atoms with Gasteiger partial charge in [0.25, 0.3) is 5.91 Å². The number of nitrogens with zero attached hydrogens (tertiary/aromatic N) is 1. The van der Waals surface area contributed by atoms with Gasteiger partial charge in [-0.05, 0) is 29.8 Å². The summed E-state index contributed by atoms with van der Waals surface area (Å²) in [4.78, 5) is 15.8. The van der Waals surface area contributed by atoms with Crippen LogP contribution in [0.4, 0.5) is 5.69 Å². The van der Waals surface area contributed by atoms with Crippen molar-refractivity contribution in [2.75, 3.05) is 11.9 Å². The highest BCUT2D eigenvalue weighted by Gasteiger charge is 2.29. The van der Waals surface area contributed by atoms with E-state index in [9.17, 15) is 4.79 Å². The van der Waals surface area contributed by atoms with Crippen LogP contribution in [0, 0.1) is 0 Å². The van der Waals surface area contributed by atoms with Crippen LogP contribution in [0.5, 0.6) is 0 Å². The van der Waals surface area contributed by atoms with Gasteiger partial charge in [0, 0.05) is 11.3 Å². The van der Waals surface area contributed by atoms with Crippen LogP contribution in [-0.2, 0) is 9.63 Å². The zero-order valence-corrected chi connectivity index (χ0v) is 15.7. The summed E-state index contributed by atoms with van der Waals surface area (Å²) >= 11 is 23.7. The number of amides is 1. The normalized spacial score (nSPS) is 16.5. The molecule has 1 amide bonds. The summed E-state index contributed by atoms with van der Waals surface area (Å²) in [5.41, 5.74) is 2.76. The highest BCUT2D eigenvalue weighted by atomic mass is 35.5. The van der Waals surface area contributed by atoms with Gasteiger partial charge in [-0.15, -0.1) is 0 Å². The fourth-order valence-corrected chi connectivity index (χ4v) is 3.27. The lowest BCUT2D eigenvalue weighted by molar-refractivity contribution is -0.114. The van der Waals surface area contributed by atoms with Gasteiger partial charge >= 0.3 is 0 Å². The van der Waals surface area contributed by atoms with Crippen LogP contribution in [0.25, 0.3) is 0 Å². The summed E-state index contributed by atoms with van der Waals surface area (Å²) in [5, 5.41) is 7.77. The third-order valence-electron chi connectivity index (χ3n) is 3.71. The molecule has 25 heavy (non-hydrogen) atoms. The second kappa shape index (κ2) is 7.83. The largest absolute Gasteiger partial charge is 0.394 e. The quantitative estimate of drug-likeness (QED) is 0.690. The molecule has 1 aliphatic heterocycles. The molecule has 0 saturated heterocycles.